The molecule has 0 aliphatic heterocycles. The Hall–Kier alpha value is -1.34. The molecule has 17 heavy (non-hydrogen) atoms. The molecule has 1 aromatic carbocycles. The van der Waals surface area contributed by atoms with Gasteiger partial charge >= 0.3 is 0 Å². The van der Waals surface area contributed by atoms with Crippen LogP contribution in [-0.2, 0) is 11.2 Å². The molecule has 3 nitrogen and oxygen atoms in total. The van der Waals surface area contributed by atoms with Crippen molar-refractivity contribution < 1.29 is 9.53 Å². The van der Waals surface area contributed by atoms with Gasteiger partial charge in [-0.05, 0) is 37.1 Å². The third-order valence-electron chi connectivity index (χ3n) is 2.32. The van der Waals surface area contributed by atoms with Crippen molar-refractivity contribution in [2.24, 2.45) is 0 Å². The topological polar surface area (TPSA) is 50.1 Å². The molecule has 0 saturated heterocycles. The van der Waals surface area contributed by atoms with Crippen molar-refractivity contribution in [3.63, 3.8) is 0 Å². The maximum atomic E-state index is 11.4. The molecule has 1 unspecified atom stereocenters. The lowest BCUT2D eigenvalue weighted by atomic mass is 10.0. The van der Waals surface area contributed by atoms with E-state index in [0.717, 1.165) is 16.9 Å². The first-order valence-electron chi connectivity index (χ1n) is 5.37. The van der Waals surface area contributed by atoms with E-state index in [1.54, 1.807) is 0 Å². The fourth-order valence-corrected chi connectivity index (χ4v) is 1.99. The molecule has 0 saturated carbocycles. The predicted octanol–water partition coefficient (Wildman–Crippen LogP) is 3.18. The quantitative estimate of drug-likeness (QED) is 0.784. The standard InChI is InChI=1S/C13H14BrNO2/c1-3-17-11-4-5-12(13(14)9(2)16)10(8-11)6-7-15/h4-5,8,13H,3,6H2,1-2H3. The van der Waals surface area contributed by atoms with Crippen molar-refractivity contribution in [3.05, 3.63) is 29.3 Å². The van der Waals surface area contributed by atoms with Gasteiger partial charge in [0.15, 0.2) is 0 Å². The number of hydrogen-bond acceptors (Lipinski definition) is 3. The molecule has 0 aliphatic rings. The van der Waals surface area contributed by atoms with Gasteiger partial charge in [0.05, 0.1) is 23.9 Å². The van der Waals surface area contributed by atoms with Gasteiger partial charge in [-0.1, -0.05) is 22.0 Å². The van der Waals surface area contributed by atoms with Gasteiger partial charge in [0.25, 0.3) is 0 Å². The van der Waals surface area contributed by atoms with E-state index in [4.69, 9.17) is 10.00 Å². The van der Waals surface area contributed by atoms with E-state index in [1.807, 2.05) is 25.1 Å². The van der Waals surface area contributed by atoms with E-state index >= 15 is 0 Å². The second-order valence-corrected chi connectivity index (χ2v) is 4.52. The summed E-state index contributed by atoms with van der Waals surface area (Å²) in [6.45, 7) is 4.00. The van der Waals surface area contributed by atoms with Crippen LogP contribution in [0.5, 0.6) is 5.75 Å². The number of ether oxygens (including phenoxy) is 1. The largest absolute Gasteiger partial charge is 0.494 e. The zero-order valence-electron chi connectivity index (χ0n) is 9.87. The zero-order chi connectivity index (χ0) is 12.8. The second kappa shape index (κ2) is 6.41. The average molecular weight is 296 g/mol. The number of ketones is 1. The lowest BCUT2D eigenvalue weighted by Crippen LogP contribution is -2.05. The van der Waals surface area contributed by atoms with Crippen LogP contribution in [0.4, 0.5) is 0 Å². The summed E-state index contributed by atoms with van der Waals surface area (Å²) < 4.78 is 5.38. The Balaban J connectivity index is 3.12. The third kappa shape index (κ3) is 3.57. The summed E-state index contributed by atoms with van der Waals surface area (Å²) in [5.74, 6) is 0.748. The van der Waals surface area contributed by atoms with Gasteiger partial charge in [0.1, 0.15) is 11.5 Å². The zero-order valence-corrected chi connectivity index (χ0v) is 11.5. The number of halogens is 1. The van der Waals surface area contributed by atoms with Gasteiger partial charge in [-0.3, -0.25) is 4.79 Å². The molecule has 4 heteroatoms. The predicted molar refractivity (Wildman–Crippen MR) is 69.3 cm³/mol. The minimum absolute atomic E-state index is 0.0216. The summed E-state index contributed by atoms with van der Waals surface area (Å²) in [6.07, 6.45) is 0.269. The number of nitrogens with zero attached hydrogens (tertiary/aromatic N) is 1. The summed E-state index contributed by atoms with van der Waals surface area (Å²) in [6, 6.07) is 7.57. The lowest BCUT2D eigenvalue weighted by Gasteiger charge is -2.13. The highest BCUT2D eigenvalue weighted by molar-refractivity contribution is 9.09. The van der Waals surface area contributed by atoms with Crippen molar-refractivity contribution in [1.82, 2.24) is 0 Å². The Morgan fingerprint density at radius 2 is 2.29 bits per heavy atom. The summed E-state index contributed by atoms with van der Waals surface area (Å²) in [5, 5.41) is 8.79. The molecule has 0 aromatic heterocycles. The number of Topliss-reactive ketones (excluding diaryl/α,β-unsaturated/α-hetero) is 1. The lowest BCUT2D eigenvalue weighted by molar-refractivity contribution is -0.116. The molecule has 0 amide bonds. The van der Waals surface area contributed by atoms with Crippen molar-refractivity contribution >= 4 is 21.7 Å². The third-order valence-corrected chi connectivity index (χ3v) is 3.46. The molecule has 1 atom stereocenters. The normalized spacial score (nSPS) is 11.6. The van der Waals surface area contributed by atoms with Crippen LogP contribution >= 0.6 is 15.9 Å². The summed E-state index contributed by atoms with van der Waals surface area (Å²) in [4.78, 5) is 11.0. The SMILES string of the molecule is CCOc1ccc(C(Br)C(C)=O)c(CC#N)c1. The average Bonchev–Trinajstić information content (AvgIpc) is 2.29. The number of hydrogen-bond donors (Lipinski definition) is 0. The molecule has 0 heterocycles. The van der Waals surface area contributed by atoms with E-state index in [2.05, 4.69) is 22.0 Å². The van der Waals surface area contributed by atoms with Crippen LogP contribution < -0.4 is 4.74 Å². The molecule has 0 spiro atoms. The van der Waals surface area contributed by atoms with Crippen molar-refractivity contribution in [1.29, 1.82) is 5.26 Å². The van der Waals surface area contributed by atoms with Crippen molar-refractivity contribution in [3.8, 4) is 11.8 Å². The Kier molecular flexibility index (Phi) is 5.17. The van der Waals surface area contributed by atoms with Crippen LogP contribution in [0.3, 0.4) is 0 Å². The molecule has 1 aromatic rings. The highest BCUT2D eigenvalue weighted by Gasteiger charge is 2.16. The first-order chi connectivity index (χ1) is 8.10. The highest BCUT2D eigenvalue weighted by Crippen LogP contribution is 2.30. The van der Waals surface area contributed by atoms with Gasteiger partial charge in [0, 0.05) is 0 Å². The Labute approximate surface area is 110 Å². The number of carbonyl (C=O) groups excluding carboxylic acids is 1. The van der Waals surface area contributed by atoms with Gasteiger partial charge in [0.2, 0.25) is 0 Å². The molecule has 0 N–H and O–H groups in total. The van der Waals surface area contributed by atoms with E-state index in [9.17, 15) is 4.79 Å². The van der Waals surface area contributed by atoms with E-state index in [1.165, 1.54) is 6.92 Å². The van der Waals surface area contributed by atoms with E-state index in [-0.39, 0.29) is 17.0 Å². The van der Waals surface area contributed by atoms with Gasteiger partial charge < -0.3 is 4.74 Å². The number of nitriles is 1. The Bertz CT molecular complexity index is 451. The molecular weight excluding hydrogens is 282 g/mol. The fourth-order valence-electron chi connectivity index (χ4n) is 1.54. The molecule has 0 radical (unpaired) electrons. The molecule has 90 valence electrons. The monoisotopic (exact) mass is 295 g/mol. The molecule has 0 fully saturated rings. The summed E-state index contributed by atoms with van der Waals surface area (Å²) >= 11 is 3.33. The molecular formula is C13H14BrNO2. The van der Waals surface area contributed by atoms with Gasteiger partial charge in [-0.25, -0.2) is 0 Å². The molecule has 0 bridgehead atoms. The van der Waals surface area contributed by atoms with Gasteiger partial charge in [-0.15, -0.1) is 0 Å². The van der Waals surface area contributed by atoms with Gasteiger partial charge in [-0.2, -0.15) is 5.26 Å². The van der Waals surface area contributed by atoms with Crippen LogP contribution in [0.15, 0.2) is 18.2 Å². The summed E-state index contributed by atoms with van der Waals surface area (Å²) in [5.41, 5.74) is 1.66. The molecule has 0 aliphatic carbocycles. The van der Waals surface area contributed by atoms with Crippen LogP contribution in [-0.4, -0.2) is 12.4 Å². The Morgan fingerprint density at radius 3 is 2.82 bits per heavy atom. The van der Waals surface area contributed by atoms with Crippen LogP contribution in [0.1, 0.15) is 29.8 Å². The first-order valence-corrected chi connectivity index (χ1v) is 6.28. The minimum Gasteiger partial charge on any atom is -0.494 e. The smallest absolute Gasteiger partial charge is 0.147 e. The molecule has 1 rings (SSSR count). The van der Waals surface area contributed by atoms with Crippen LogP contribution in [0.2, 0.25) is 0 Å². The number of carbonyl (C=O) groups is 1. The number of benzene rings is 1. The van der Waals surface area contributed by atoms with Crippen LogP contribution in [0.25, 0.3) is 0 Å². The van der Waals surface area contributed by atoms with Crippen molar-refractivity contribution in [2.75, 3.05) is 6.61 Å². The number of alkyl halides is 1. The van der Waals surface area contributed by atoms with E-state index < -0.39 is 0 Å². The Morgan fingerprint density at radius 1 is 1.59 bits per heavy atom. The number of rotatable bonds is 5. The summed E-state index contributed by atoms with van der Waals surface area (Å²) in [7, 11) is 0. The first kappa shape index (κ1) is 13.7. The second-order valence-electron chi connectivity index (χ2n) is 3.60. The maximum absolute atomic E-state index is 11.4. The van der Waals surface area contributed by atoms with Crippen LogP contribution in [0, 0.1) is 11.3 Å². The minimum atomic E-state index is -0.360. The fraction of sp³-hybridized carbons (Fsp3) is 0.385. The van der Waals surface area contributed by atoms with Crippen molar-refractivity contribution in [2.45, 2.75) is 25.1 Å². The maximum Gasteiger partial charge on any atom is 0.147 e. The highest BCUT2D eigenvalue weighted by atomic mass is 79.9. The van der Waals surface area contributed by atoms with E-state index in [0.29, 0.717) is 6.61 Å².